The molecule has 0 atom stereocenters. The highest BCUT2D eigenvalue weighted by Gasteiger charge is 2.17. The van der Waals surface area contributed by atoms with Crippen molar-refractivity contribution >= 4 is 43.4 Å². The first-order valence-electron chi connectivity index (χ1n) is 15.7. The van der Waals surface area contributed by atoms with Crippen molar-refractivity contribution in [2.24, 2.45) is 0 Å². The summed E-state index contributed by atoms with van der Waals surface area (Å²) >= 11 is 0. The van der Waals surface area contributed by atoms with E-state index in [2.05, 4.69) is 170 Å². The van der Waals surface area contributed by atoms with E-state index >= 15 is 0 Å². The molecule has 7 aromatic carbocycles. The molecule has 0 aliphatic heterocycles. The summed E-state index contributed by atoms with van der Waals surface area (Å²) in [5.74, 6) is 0. The Morgan fingerprint density at radius 2 is 0.674 bits per heavy atom. The Hall–Kier alpha value is -6.12. The predicted octanol–water partition coefficient (Wildman–Crippen LogP) is 11.8. The van der Waals surface area contributed by atoms with Gasteiger partial charge in [-0.2, -0.15) is 0 Å². The van der Waals surface area contributed by atoms with Crippen LogP contribution in [0.3, 0.4) is 0 Å². The van der Waals surface area contributed by atoms with E-state index in [0.717, 1.165) is 66.6 Å². The van der Waals surface area contributed by atoms with E-state index in [0.29, 0.717) is 0 Å². The molecule has 0 radical (unpaired) electrons. The lowest BCUT2D eigenvalue weighted by atomic mass is 9.93. The molecule has 0 amide bonds. The molecule has 2 aromatic heterocycles. The lowest BCUT2D eigenvalue weighted by Crippen LogP contribution is -1.95. The molecule has 0 aliphatic carbocycles. The lowest BCUT2D eigenvalue weighted by molar-refractivity contribution is 1.37. The molecule has 214 valence electrons. The Morgan fingerprint density at radius 3 is 1.11 bits per heavy atom. The van der Waals surface area contributed by atoms with Crippen LogP contribution in [0.15, 0.2) is 170 Å². The number of fused-ring (bicyclic) bond motifs is 5. The average Bonchev–Trinajstić information content (AvgIpc) is 3.14. The van der Waals surface area contributed by atoms with Gasteiger partial charge in [-0.05, 0) is 68.1 Å². The largest absolute Gasteiger partial charge is 0.245 e. The van der Waals surface area contributed by atoms with Gasteiger partial charge in [-0.1, -0.05) is 146 Å². The first-order valence-corrected chi connectivity index (χ1v) is 15.7. The third-order valence-corrected chi connectivity index (χ3v) is 9.02. The summed E-state index contributed by atoms with van der Waals surface area (Å²) in [5, 5.41) is 7.01. The highest BCUT2D eigenvalue weighted by Crippen LogP contribution is 2.40. The standard InChI is InChI=1S/C44H28N2/c1-3-13-31(14-4-1)39-27-41(35-21-19-29-11-7-9-17-33(29)25-35)45-43-37(39)23-24-38-40(32-15-5-2-6-16-32)28-42(46-44(38)43)36-22-20-30-12-8-10-18-34(30)26-36/h1-28H. The van der Waals surface area contributed by atoms with Gasteiger partial charge in [-0.3, -0.25) is 0 Å². The summed E-state index contributed by atoms with van der Waals surface area (Å²) in [6, 6.07) is 60.3. The van der Waals surface area contributed by atoms with Crippen molar-refractivity contribution in [2.75, 3.05) is 0 Å². The van der Waals surface area contributed by atoms with Crippen LogP contribution in [0.5, 0.6) is 0 Å². The highest BCUT2D eigenvalue weighted by atomic mass is 14.8. The Bertz CT molecular complexity index is 2390. The fraction of sp³-hybridized carbons (Fsp3) is 0. The van der Waals surface area contributed by atoms with Gasteiger partial charge >= 0.3 is 0 Å². The third kappa shape index (κ3) is 4.51. The monoisotopic (exact) mass is 584 g/mol. The minimum absolute atomic E-state index is 0.904. The van der Waals surface area contributed by atoms with Crippen molar-refractivity contribution in [3.63, 3.8) is 0 Å². The molecule has 2 heterocycles. The van der Waals surface area contributed by atoms with Crippen LogP contribution in [0.4, 0.5) is 0 Å². The van der Waals surface area contributed by atoms with Gasteiger partial charge in [0.15, 0.2) is 0 Å². The second kappa shape index (κ2) is 10.8. The topological polar surface area (TPSA) is 25.8 Å². The fourth-order valence-corrected chi connectivity index (χ4v) is 6.68. The van der Waals surface area contributed by atoms with E-state index in [9.17, 15) is 0 Å². The van der Waals surface area contributed by atoms with E-state index in [1.807, 2.05) is 0 Å². The predicted molar refractivity (Wildman–Crippen MR) is 194 cm³/mol. The maximum Gasteiger partial charge on any atom is 0.0978 e. The van der Waals surface area contributed by atoms with Crippen molar-refractivity contribution in [1.29, 1.82) is 0 Å². The SMILES string of the molecule is c1ccc(-c2cc(-c3ccc4ccccc4c3)nc3c2ccc2c(-c4ccccc4)cc(-c4ccc5ccccc5c4)nc23)cc1. The van der Waals surface area contributed by atoms with E-state index < -0.39 is 0 Å². The van der Waals surface area contributed by atoms with E-state index in [-0.39, 0.29) is 0 Å². The first-order chi connectivity index (χ1) is 22.8. The summed E-state index contributed by atoms with van der Waals surface area (Å²) in [6.45, 7) is 0. The van der Waals surface area contributed by atoms with Crippen molar-refractivity contribution in [3.05, 3.63) is 170 Å². The molecule has 0 fully saturated rings. The Kier molecular flexibility index (Phi) is 6.17. The number of benzene rings is 7. The number of pyridine rings is 2. The van der Waals surface area contributed by atoms with Crippen LogP contribution in [0.1, 0.15) is 0 Å². The molecule has 9 aromatic rings. The zero-order chi connectivity index (χ0) is 30.5. The number of rotatable bonds is 4. The molecule has 9 rings (SSSR count). The van der Waals surface area contributed by atoms with E-state index in [1.165, 1.54) is 21.5 Å². The molecule has 0 saturated carbocycles. The quantitative estimate of drug-likeness (QED) is 0.192. The Morgan fingerprint density at radius 1 is 0.283 bits per heavy atom. The smallest absolute Gasteiger partial charge is 0.0978 e. The molecule has 0 spiro atoms. The third-order valence-electron chi connectivity index (χ3n) is 9.02. The molecule has 2 heteroatoms. The van der Waals surface area contributed by atoms with Gasteiger partial charge in [-0.25, -0.2) is 9.97 Å². The van der Waals surface area contributed by atoms with Crippen molar-refractivity contribution in [2.45, 2.75) is 0 Å². The molecule has 0 aliphatic rings. The number of hydrogen-bond donors (Lipinski definition) is 0. The Labute approximate surface area is 267 Å². The van der Waals surface area contributed by atoms with Gasteiger partial charge in [0.25, 0.3) is 0 Å². The molecule has 2 nitrogen and oxygen atoms in total. The normalized spacial score (nSPS) is 11.5. The summed E-state index contributed by atoms with van der Waals surface area (Å²) in [6.07, 6.45) is 0. The minimum Gasteiger partial charge on any atom is -0.245 e. The van der Waals surface area contributed by atoms with Gasteiger partial charge in [0.2, 0.25) is 0 Å². The summed E-state index contributed by atoms with van der Waals surface area (Å²) in [7, 11) is 0. The number of hydrogen-bond acceptors (Lipinski definition) is 2. The van der Waals surface area contributed by atoms with Crippen LogP contribution in [-0.4, -0.2) is 9.97 Å². The van der Waals surface area contributed by atoms with E-state index in [4.69, 9.17) is 9.97 Å². The zero-order valence-electron chi connectivity index (χ0n) is 25.1. The molecule has 0 N–H and O–H groups in total. The second-order valence-corrected chi connectivity index (χ2v) is 11.8. The van der Waals surface area contributed by atoms with Crippen LogP contribution in [-0.2, 0) is 0 Å². The Balaban J connectivity index is 1.38. The molecule has 0 unspecified atom stereocenters. The minimum atomic E-state index is 0.904. The average molecular weight is 585 g/mol. The maximum absolute atomic E-state index is 5.42. The summed E-state index contributed by atoms with van der Waals surface area (Å²) < 4.78 is 0. The number of nitrogens with zero attached hydrogens (tertiary/aromatic N) is 2. The maximum atomic E-state index is 5.42. The second-order valence-electron chi connectivity index (χ2n) is 11.8. The van der Waals surface area contributed by atoms with Gasteiger partial charge in [0.1, 0.15) is 0 Å². The van der Waals surface area contributed by atoms with Crippen LogP contribution in [0.2, 0.25) is 0 Å². The molecular formula is C44H28N2. The van der Waals surface area contributed by atoms with Gasteiger partial charge in [0, 0.05) is 21.9 Å². The van der Waals surface area contributed by atoms with Crippen LogP contribution >= 0.6 is 0 Å². The van der Waals surface area contributed by atoms with Crippen LogP contribution < -0.4 is 0 Å². The van der Waals surface area contributed by atoms with E-state index in [1.54, 1.807) is 0 Å². The van der Waals surface area contributed by atoms with Crippen LogP contribution in [0, 0.1) is 0 Å². The lowest BCUT2D eigenvalue weighted by Gasteiger charge is -2.16. The van der Waals surface area contributed by atoms with Gasteiger partial charge < -0.3 is 0 Å². The van der Waals surface area contributed by atoms with Crippen LogP contribution in [0.25, 0.3) is 88.1 Å². The number of aromatic nitrogens is 2. The zero-order valence-corrected chi connectivity index (χ0v) is 25.1. The van der Waals surface area contributed by atoms with Gasteiger partial charge in [0.05, 0.1) is 22.4 Å². The summed E-state index contributed by atoms with van der Waals surface area (Å²) in [5.41, 5.74) is 10.5. The molecule has 46 heavy (non-hydrogen) atoms. The molecule has 0 saturated heterocycles. The van der Waals surface area contributed by atoms with Gasteiger partial charge in [-0.15, -0.1) is 0 Å². The summed E-state index contributed by atoms with van der Waals surface area (Å²) in [4.78, 5) is 10.8. The molecule has 0 bridgehead atoms. The van der Waals surface area contributed by atoms with Crippen molar-refractivity contribution in [3.8, 4) is 44.8 Å². The highest BCUT2D eigenvalue weighted by molar-refractivity contribution is 6.13. The first kappa shape index (κ1) is 26.3. The fourth-order valence-electron chi connectivity index (χ4n) is 6.68. The van der Waals surface area contributed by atoms with Crippen molar-refractivity contribution in [1.82, 2.24) is 9.97 Å². The van der Waals surface area contributed by atoms with Crippen molar-refractivity contribution < 1.29 is 0 Å². The molecular weight excluding hydrogens is 556 g/mol.